The maximum atomic E-state index is 5.15. The first kappa shape index (κ1) is 36.8. The molecule has 1 heterocycles. The van der Waals surface area contributed by atoms with Crippen molar-refractivity contribution in [3.63, 3.8) is 0 Å². The van der Waals surface area contributed by atoms with Crippen LogP contribution in [-0.2, 0) is 0 Å². The average Bonchev–Trinajstić information content (AvgIpc) is 3.35. The van der Waals surface area contributed by atoms with E-state index in [9.17, 15) is 0 Å². The van der Waals surface area contributed by atoms with Crippen molar-refractivity contribution < 1.29 is 0 Å². The Morgan fingerprint density at radius 1 is 0.283 bits per heavy atom. The van der Waals surface area contributed by atoms with Crippen molar-refractivity contribution in [3.05, 3.63) is 224 Å². The van der Waals surface area contributed by atoms with E-state index in [1.54, 1.807) is 0 Å². The predicted octanol–water partition coefficient (Wildman–Crippen LogP) is 15.0. The molecule has 0 radical (unpaired) electrons. The third kappa shape index (κ3) is 7.50. The molecule has 2 aliphatic carbocycles. The fourth-order valence-corrected chi connectivity index (χ4v) is 8.47. The lowest BCUT2D eigenvalue weighted by Gasteiger charge is -2.25. The van der Waals surface area contributed by atoms with E-state index in [0.717, 1.165) is 53.5 Å². The summed E-state index contributed by atoms with van der Waals surface area (Å²) in [6, 6.07) is 62.5. The van der Waals surface area contributed by atoms with E-state index < -0.39 is 0 Å². The number of rotatable bonds is 9. The van der Waals surface area contributed by atoms with Gasteiger partial charge in [0.05, 0.1) is 0 Å². The van der Waals surface area contributed by atoms with E-state index in [-0.39, 0.29) is 0 Å². The zero-order chi connectivity index (χ0) is 40.1. The SMILES string of the molecule is C1=CC(c2cccc(-c3nc(-c4ccccc4)nc(-c4ccc(-c5cc(-c6ccccc6)c(-c6ccccc6)c(-c6ccccc6)c5C5=CCCC=C5)cc4)n3)c2)=CCC1. The highest BCUT2D eigenvalue weighted by Crippen LogP contribution is 2.49. The Hall–Kier alpha value is -7.49. The van der Waals surface area contributed by atoms with Gasteiger partial charge in [-0.15, -0.1) is 0 Å². The van der Waals surface area contributed by atoms with Crippen molar-refractivity contribution >= 4 is 11.1 Å². The van der Waals surface area contributed by atoms with Crippen LogP contribution < -0.4 is 0 Å². The van der Waals surface area contributed by atoms with Crippen molar-refractivity contribution in [1.29, 1.82) is 0 Å². The fourth-order valence-electron chi connectivity index (χ4n) is 8.47. The van der Waals surface area contributed by atoms with Gasteiger partial charge in [-0.05, 0) is 105 Å². The summed E-state index contributed by atoms with van der Waals surface area (Å²) < 4.78 is 0. The lowest BCUT2D eigenvalue weighted by atomic mass is 9.78. The van der Waals surface area contributed by atoms with Crippen LogP contribution in [0.1, 0.15) is 36.8 Å². The quantitative estimate of drug-likeness (QED) is 0.147. The van der Waals surface area contributed by atoms with Crippen molar-refractivity contribution in [2.45, 2.75) is 25.7 Å². The lowest BCUT2D eigenvalue weighted by molar-refractivity contribution is 1.04. The Kier molecular flexibility index (Phi) is 10.3. The minimum atomic E-state index is 0.639. The predicted molar refractivity (Wildman–Crippen MR) is 251 cm³/mol. The highest BCUT2D eigenvalue weighted by Gasteiger charge is 2.25. The van der Waals surface area contributed by atoms with E-state index in [1.807, 2.05) is 18.2 Å². The van der Waals surface area contributed by atoms with Gasteiger partial charge in [-0.25, -0.2) is 15.0 Å². The zero-order valence-electron chi connectivity index (χ0n) is 33.4. The van der Waals surface area contributed by atoms with Crippen LogP contribution in [0.4, 0.5) is 0 Å². The van der Waals surface area contributed by atoms with E-state index in [2.05, 4.69) is 194 Å². The summed E-state index contributed by atoms with van der Waals surface area (Å²) in [6.45, 7) is 0. The van der Waals surface area contributed by atoms with Gasteiger partial charge in [0.15, 0.2) is 17.5 Å². The van der Waals surface area contributed by atoms with Crippen LogP contribution in [0.2, 0.25) is 0 Å². The first-order valence-corrected chi connectivity index (χ1v) is 20.9. The molecule has 0 saturated heterocycles. The Morgan fingerprint density at radius 2 is 0.700 bits per heavy atom. The topological polar surface area (TPSA) is 38.7 Å². The molecule has 60 heavy (non-hydrogen) atoms. The Morgan fingerprint density at radius 3 is 1.27 bits per heavy atom. The summed E-state index contributed by atoms with van der Waals surface area (Å²) in [7, 11) is 0. The standard InChI is InChI=1S/C57H43N3/c1-7-20-40(21-8-1)48-32-19-33-49(38-48)57-59-55(46-30-17-6-18-31-46)58-56(60-57)47-36-34-42(35-37-47)51-39-50(41-22-9-2-10-23-41)52(43-24-11-3-12-25-43)54(45-28-15-5-16-29-45)53(51)44-26-13-4-14-27-44/h2-3,5-7,9-13,15-39H,1,4,8,14H2. The molecule has 286 valence electrons. The van der Waals surface area contributed by atoms with Crippen LogP contribution in [0.15, 0.2) is 212 Å². The van der Waals surface area contributed by atoms with Crippen LogP contribution in [-0.4, -0.2) is 15.0 Å². The number of nitrogens with zero attached hydrogens (tertiary/aromatic N) is 3. The van der Waals surface area contributed by atoms with Gasteiger partial charge in [-0.3, -0.25) is 0 Å². The number of hydrogen-bond acceptors (Lipinski definition) is 3. The first-order valence-electron chi connectivity index (χ1n) is 20.9. The Balaban J connectivity index is 1.16. The van der Waals surface area contributed by atoms with Gasteiger partial charge in [0.2, 0.25) is 0 Å². The average molecular weight is 770 g/mol. The molecule has 3 nitrogen and oxygen atoms in total. The van der Waals surface area contributed by atoms with Gasteiger partial charge in [0, 0.05) is 16.7 Å². The van der Waals surface area contributed by atoms with E-state index in [1.165, 1.54) is 55.7 Å². The monoisotopic (exact) mass is 769 g/mol. The van der Waals surface area contributed by atoms with E-state index in [4.69, 9.17) is 15.0 Å². The molecule has 0 saturated carbocycles. The highest BCUT2D eigenvalue weighted by molar-refractivity contribution is 6.06. The van der Waals surface area contributed by atoms with Crippen LogP contribution in [0.3, 0.4) is 0 Å². The van der Waals surface area contributed by atoms with Gasteiger partial charge in [-0.2, -0.15) is 0 Å². The molecule has 8 aromatic rings. The molecule has 3 heteroatoms. The van der Waals surface area contributed by atoms with Gasteiger partial charge in [-0.1, -0.05) is 200 Å². The number of aromatic nitrogens is 3. The van der Waals surface area contributed by atoms with Crippen molar-refractivity contribution in [2.24, 2.45) is 0 Å². The molecule has 0 spiro atoms. The molecular weight excluding hydrogens is 727 g/mol. The molecular formula is C57H43N3. The Bertz CT molecular complexity index is 2920. The van der Waals surface area contributed by atoms with Crippen molar-refractivity contribution in [3.8, 4) is 78.7 Å². The maximum absolute atomic E-state index is 5.15. The maximum Gasteiger partial charge on any atom is 0.164 e. The molecule has 0 N–H and O–H groups in total. The number of benzene rings is 7. The fraction of sp³-hybridized carbons (Fsp3) is 0.0702. The lowest BCUT2D eigenvalue weighted by Crippen LogP contribution is -2.01. The smallest absolute Gasteiger partial charge is 0.164 e. The molecule has 0 fully saturated rings. The molecule has 0 amide bonds. The van der Waals surface area contributed by atoms with Gasteiger partial charge < -0.3 is 0 Å². The van der Waals surface area contributed by atoms with Crippen LogP contribution in [0.5, 0.6) is 0 Å². The Labute approximate surface area is 352 Å². The largest absolute Gasteiger partial charge is 0.208 e. The zero-order valence-corrected chi connectivity index (χ0v) is 33.4. The van der Waals surface area contributed by atoms with Crippen molar-refractivity contribution in [1.82, 2.24) is 15.0 Å². The summed E-state index contributed by atoms with van der Waals surface area (Å²) in [5, 5.41) is 0. The minimum Gasteiger partial charge on any atom is -0.208 e. The van der Waals surface area contributed by atoms with Gasteiger partial charge in [0.1, 0.15) is 0 Å². The first-order chi connectivity index (χ1) is 29.8. The summed E-state index contributed by atoms with van der Waals surface area (Å²) in [6.07, 6.45) is 18.0. The van der Waals surface area contributed by atoms with E-state index in [0.29, 0.717) is 17.5 Å². The number of allylic oxidation sites excluding steroid dienone is 8. The summed E-state index contributed by atoms with van der Waals surface area (Å²) >= 11 is 0. The molecule has 0 aliphatic heterocycles. The van der Waals surface area contributed by atoms with E-state index >= 15 is 0 Å². The second kappa shape index (κ2) is 16.8. The molecule has 1 aromatic heterocycles. The van der Waals surface area contributed by atoms with Crippen molar-refractivity contribution in [2.75, 3.05) is 0 Å². The summed E-state index contributed by atoms with van der Waals surface area (Å²) in [5.41, 5.74) is 17.2. The molecule has 10 rings (SSSR count). The summed E-state index contributed by atoms with van der Waals surface area (Å²) in [5.74, 6) is 1.94. The third-order valence-corrected chi connectivity index (χ3v) is 11.4. The molecule has 0 bridgehead atoms. The van der Waals surface area contributed by atoms with Crippen LogP contribution >= 0.6 is 0 Å². The van der Waals surface area contributed by atoms with Gasteiger partial charge >= 0.3 is 0 Å². The molecule has 2 aliphatic rings. The molecule has 0 unspecified atom stereocenters. The second-order valence-corrected chi connectivity index (χ2v) is 15.3. The third-order valence-electron chi connectivity index (χ3n) is 11.4. The number of hydrogen-bond donors (Lipinski definition) is 0. The van der Waals surface area contributed by atoms with Gasteiger partial charge in [0.25, 0.3) is 0 Å². The second-order valence-electron chi connectivity index (χ2n) is 15.3. The minimum absolute atomic E-state index is 0.639. The molecule has 7 aromatic carbocycles. The highest BCUT2D eigenvalue weighted by atomic mass is 15.0. The molecule has 0 atom stereocenters. The van der Waals surface area contributed by atoms with Crippen LogP contribution in [0, 0.1) is 0 Å². The summed E-state index contributed by atoms with van der Waals surface area (Å²) in [4.78, 5) is 15.3. The normalized spacial score (nSPS) is 13.5. The van der Waals surface area contributed by atoms with Crippen LogP contribution in [0.25, 0.3) is 89.8 Å².